The van der Waals surface area contributed by atoms with Gasteiger partial charge in [0.2, 0.25) is 0 Å². The van der Waals surface area contributed by atoms with E-state index in [9.17, 15) is 14.3 Å². The van der Waals surface area contributed by atoms with Crippen LogP contribution >= 0.6 is 0 Å². The number of rotatable bonds is 16. The number of alkyl halides is 1. The molecule has 214 valence electrons. The summed E-state index contributed by atoms with van der Waals surface area (Å²) in [6, 6.07) is 14.0. The number of hydrogen-bond donors (Lipinski definition) is 2. The molecular formula is C31H40FN5O3. The minimum absolute atomic E-state index is 0.0221. The third kappa shape index (κ3) is 9.06. The second-order valence-corrected chi connectivity index (χ2v) is 10.4. The van der Waals surface area contributed by atoms with Crippen molar-refractivity contribution in [3.05, 3.63) is 71.8 Å². The van der Waals surface area contributed by atoms with Gasteiger partial charge in [-0.05, 0) is 63.2 Å². The number of carbonyl (C=O) groups is 1. The van der Waals surface area contributed by atoms with Crippen LogP contribution in [0.25, 0.3) is 11.3 Å². The highest BCUT2D eigenvalue weighted by atomic mass is 19.1. The molecule has 1 aliphatic rings. The lowest BCUT2D eigenvalue weighted by atomic mass is 9.99. The molecule has 1 aromatic carbocycles. The van der Waals surface area contributed by atoms with Crippen LogP contribution < -0.4 is 5.32 Å². The smallest absolute Gasteiger partial charge is 0.306 e. The van der Waals surface area contributed by atoms with Gasteiger partial charge < -0.3 is 20.1 Å². The van der Waals surface area contributed by atoms with Crippen LogP contribution in [0.15, 0.2) is 54.9 Å². The third-order valence-electron chi connectivity index (χ3n) is 7.29. The van der Waals surface area contributed by atoms with Gasteiger partial charge in [0.15, 0.2) is 0 Å². The molecule has 3 aromatic rings. The van der Waals surface area contributed by atoms with Gasteiger partial charge in [-0.25, -0.2) is 9.37 Å². The van der Waals surface area contributed by atoms with Crippen molar-refractivity contribution in [1.82, 2.24) is 19.9 Å². The SMILES string of the molecule is COC[C@@H](F)CN(CCCCc1ccc2c(n1)NCCC2)CC[C@H](Cc1cnc(-c2ccccc2)cn1)C(=O)O. The molecule has 2 atom stereocenters. The number of fused-ring (bicyclic) bond motifs is 1. The van der Waals surface area contributed by atoms with Crippen LogP contribution in [0.5, 0.6) is 0 Å². The number of carboxylic acids is 1. The van der Waals surface area contributed by atoms with E-state index >= 15 is 0 Å². The molecule has 0 saturated heterocycles. The Morgan fingerprint density at radius 2 is 1.95 bits per heavy atom. The summed E-state index contributed by atoms with van der Waals surface area (Å²) >= 11 is 0. The summed E-state index contributed by atoms with van der Waals surface area (Å²) in [6.45, 7) is 2.37. The fraction of sp³-hybridized carbons (Fsp3) is 0.484. The maximum Gasteiger partial charge on any atom is 0.306 e. The molecule has 0 fully saturated rings. The lowest BCUT2D eigenvalue weighted by Crippen LogP contribution is -2.36. The van der Waals surface area contributed by atoms with Crippen molar-refractivity contribution < 1.29 is 19.0 Å². The second kappa shape index (κ2) is 15.4. The Balaban J connectivity index is 1.29. The maximum absolute atomic E-state index is 14.5. The molecule has 0 saturated carbocycles. The number of methoxy groups -OCH3 is 1. The summed E-state index contributed by atoms with van der Waals surface area (Å²) in [7, 11) is 1.49. The van der Waals surface area contributed by atoms with E-state index in [1.807, 2.05) is 35.2 Å². The van der Waals surface area contributed by atoms with Crippen molar-refractivity contribution in [2.75, 3.05) is 45.2 Å². The van der Waals surface area contributed by atoms with Gasteiger partial charge in [0.05, 0.1) is 30.1 Å². The molecule has 2 N–H and O–H groups in total. The highest BCUT2D eigenvalue weighted by Crippen LogP contribution is 2.21. The summed E-state index contributed by atoms with van der Waals surface area (Å²) in [5, 5.41) is 13.3. The Labute approximate surface area is 236 Å². The summed E-state index contributed by atoms with van der Waals surface area (Å²) < 4.78 is 19.5. The molecule has 1 aliphatic heterocycles. The number of unbranched alkanes of at least 4 members (excludes halogenated alkanes) is 1. The Bertz CT molecular complexity index is 1200. The van der Waals surface area contributed by atoms with E-state index in [1.54, 1.807) is 12.4 Å². The first-order valence-electron chi connectivity index (χ1n) is 14.2. The highest BCUT2D eigenvalue weighted by Gasteiger charge is 2.22. The average molecular weight is 550 g/mol. The van der Waals surface area contributed by atoms with E-state index in [-0.39, 0.29) is 19.6 Å². The molecule has 0 aliphatic carbocycles. The first kappa shape index (κ1) is 29.6. The predicted molar refractivity (Wildman–Crippen MR) is 154 cm³/mol. The van der Waals surface area contributed by atoms with Gasteiger partial charge in [0.1, 0.15) is 12.0 Å². The van der Waals surface area contributed by atoms with E-state index in [1.165, 1.54) is 12.7 Å². The number of pyridine rings is 1. The molecule has 0 bridgehead atoms. The van der Waals surface area contributed by atoms with E-state index < -0.39 is 18.1 Å². The third-order valence-corrected chi connectivity index (χ3v) is 7.29. The molecule has 40 heavy (non-hydrogen) atoms. The monoisotopic (exact) mass is 549 g/mol. The molecule has 0 amide bonds. The van der Waals surface area contributed by atoms with Gasteiger partial charge in [-0.2, -0.15) is 0 Å². The van der Waals surface area contributed by atoms with Crippen LogP contribution in [0.1, 0.15) is 42.6 Å². The van der Waals surface area contributed by atoms with Gasteiger partial charge in [0.25, 0.3) is 0 Å². The maximum atomic E-state index is 14.5. The fourth-order valence-electron chi connectivity index (χ4n) is 5.08. The Morgan fingerprint density at radius 3 is 2.70 bits per heavy atom. The first-order valence-corrected chi connectivity index (χ1v) is 14.2. The number of anilines is 1. The number of ether oxygens (including phenoxy) is 1. The van der Waals surface area contributed by atoms with E-state index in [2.05, 4.69) is 27.4 Å². The Kier molecular flexibility index (Phi) is 11.4. The Morgan fingerprint density at radius 1 is 1.10 bits per heavy atom. The van der Waals surface area contributed by atoms with Gasteiger partial charge >= 0.3 is 5.97 Å². The first-order chi connectivity index (χ1) is 19.5. The molecular weight excluding hydrogens is 509 g/mol. The zero-order chi connectivity index (χ0) is 28.2. The number of benzene rings is 1. The van der Waals surface area contributed by atoms with E-state index in [0.717, 1.165) is 61.4 Å². The van der Waals surface area contributed by atoms with Crippen LogP contribution in [0.2, 0.25) is 0 Å². The number of halogens is 1. The molecule has 0 radical (unpaired) electrons. The van der Waals surface area contributed by atoms with E-state index in [0.29, 0.717) is 25.2 Å². The zero-order valence-electron chi connectivity index (χ0n) is 23.3. The number of hydrogen-bond acceptors (Lipinski definition) is 7. The number of aliphatic carboxylic acids is 1. The summed E-state index contributed by atoms with van der Waals surface area (Å²) in [4.78, 5) is 27.8. The van der Waals surface area contributed by atoms with Crippen molar-refractivity contribution in [1.29, 1.82) is 0 Å². The van der Waals surface area contributed by atoms with Crippen LogP contribution in [0, 0.1) is 5.92 Å². The second-order valence-electron chi connectivity index (χ2n) is 10.4. The number of carboxylic acid groups (broad SMARTS) is 1. The predicted octanol–water partition coefficient (Wildman–Crippen LogP) is 4.84. The van der Waals surface area contributed by atoms with E-state index in [4.69, 9.17) is 9.72 Å². The van der Waals surface area contributed by atoms with Crippen LogP contribution in [0.3, 0.4) is 0 Å². The normalized spacial score (nSPS) is 14.4. The summed E-state index contributed by atoms with van der Waals surface area (Å²) in [6.07, 6.45) is 7.74. The van der Waals surface area contributed by atoms with Gasteiger partial charge in [-0.1, -0.05) is 36.4 Å². The molecule has 0 spiro atoms. The number of nitrogens with zero attached hydrogens (tertiary/aromatic N) is 4. The van der Waals surface area contributed by atoms with Gasteiger partial charge in [-0.15, -0.1) is 0 Å². The molecule has 4 rings (SSSR count). The zero-order valence-corrected chi connectivity index (χ0v) is 23.3. The standard InChI is InChI=1S/C31H40FN5O3/c1-40-22-26(32)21-37(16-6-5-11-27-13-12-24-10-7-15-33-30(24)36-27)17-14-25(31(38)39)18-28-19-35-29(20-34-28)23-8-3-2-4-9-23/h2-4,8-9,12-13,19-20,25-26H,5-7,10-11,14-18,21-22H2,1H3,(H,33,36)(H,38,39)/t25-,26+/m1/s1. The van der Waals surface area contributed by atoms with Gasteiger partial charge in [-0.3, -0.25) is 14.8 Å². The number of nitrogens with one attached hydrogen (secondary N) is 1. The average Bonchev–Trinajstić information content (AvgIpc) is 2.98. The number of aromatic nitrogens is 3. The summed E-state index contributed by atoms with van der Waals surface area (Å²) in [5.41, 5.74) is 4.68. The molecule has 2 aromatic heterocycles. The van der Waals surface area contributed by atoms with Gasteiger partial charge in [0, 0.05) is 44.1 Å². The van der Waals surface area contributed by atoms with Crippen LogP contribution in [-0.2, 0) is 28.8 Å². The van der Waals surface area contributed by atoms with Crippen LogP contribution in [0.4, 0.5) is 10.2 Å². The quantitative estimate of drug-likeness (QED) is 0.245. The van der Waals surface area contributed by atoms with Crippen molar-refractivity contribution in [3.63, 3.8) is 0 Å². The highest BCUT2D eigenvalue weighted by molar-refractivity contribution is 5.70. The topological polar surface area (TPSA) is 100 Å². The summed E-state index contributed by atoms with van der Waals surface area (Å²) in [5.74, 6) is -0.508. The molecule has 3 heterocycles. The minimum Gasteiger partial charge on any atom is -0.481 e. The lowest BCUT2D eigenvalue weighted by Gasteiger charge is -2.25. The molecule has 0 unspecified atom stereocenters. The molecule has 9 heteroatoms. The van der Waals surface area contributed by atoms with Crippen molar-refractivity contribution in [2.45, 2.75) is 51.1 Å². The molecule has 8 nitrogen and oxygen atoms in total. The lowest BCUT2D eigenvalue weighted by molar-refractivity contribution is -0.142. The van der Waals surface area contributed by atoms with Crippen molar-refractivity contribution in [2.24, 2.45) is 5.92 Å². The minimum atomic E-state index is -1.13. The van der Waals surface area contributed by atoms with Crippen molar-refractivity contribution >= 4 is 11.8 Å². The van der Waals surface area contributed by atoms with Crippen molar-refractivity contribution in [3.8, 4) is 11.3 Å². The van der Waals surface area contributed by atoms with Crippen LogP contribution in [-0.4, -0.2) is 77.0 Å². The fourth-order valence-corrected chi connectivity index (χ4v) is 5.08. The number of aryl methyl sites for hydroxylation is 2. The Hall–Kier alpha value is -3.43. The largest absolute Gasteiger partial charge is 0.481 e.